The highest BCUT2D eigenvalue weighted by Gasteiger charge is 2.23. The predicted molar refractivity (Wildman–Crippen MR) is 133 cm³/mol. The first kappa shape index (κ1) is 25.7. The fraction of sp³-hybridized carbons (Fsp3) is 0.296. The van der Waals surface area contributed by atoms with Crippen molar-refractivity contribution in [1.82, 2.24) is 9.55 Å². The molecular weight excluding hydrogens is 449 g/mol. The number of halogens is 1. The molecule has 0 saturated carbocycles. The first-order valence-corrected chi connectivity index (χ1v) is 11.3. The van der Waals surface area contributed by atoms with Crippen LogP contribution < -0.4 is 10.5 Å². The largest absolute Gasteiger partial charge is 0.465 e. The van der Waals surface area contributed by atoms with Crippen molar-refractivity contribution >= 4 is 18.0 Å². The number of nitrogens with two attached hydrogens (primary N) is 1. The lowest BCUT2D eigenvalue weighted by Crippen LogP contribution is -2.24. The van der Waals surface area contributed by atoms with E-state index in [1.165, 1.54) is 16.7 Å². The summed E-state index contributed by atoms with van der Waals surface area (Å²) in [6.07, 6.45) is 2.16. The number of ether oxygens (including phenoxy) is 2. The number of carbonyl (C=O) groups excluding carboxylic acids is 2. The van der Waals surface area contributed by atoms with Gasteiger partial charge in [0.05, 0.1) is 24.4 Å². The molecule has 0 bridgehead atoms. The number of amides is 1. The van der Waals surface area contributed by atoms with Gasteiger partial charge in [0, 0.05) is 5.56 Å². The van der Waals surface area contributed by atoms with Crippen LogP contribution in [0.4, 0.5) is 4.39 Å². The number of nitrogens with zero attached hydrogens (tertiary/aromatic N) is 2. The quantitative estimate of drug-likeness (QED) is 0.424. The van der Waals surface area contributed by atoms with Gasteiger partial charge in [-0.05, 0) is 56.5 Å². The van der Waals surface area contributed by atoms with Crippen LogP contribution in [0.25, 0.3) is 17.2 Å². The molecule has 1 aromatic heterocycles. The molecule has 7 nitrogen and oxygen atoms in total. The zero-order valence-electron chi connectivity index (χ0n) is 20.4. The Balaban J connectivity index is 2.00. The number of benzene rings is 2. The molecule has 8 heteroatoms. The lowest BCUT2D eigenvalue weighted by Gasteiger charge is -2.20. The smallest absolute Gasteiger partial charge is 0.339 e. The Kier molecular flexibility index (Phi) is 7.74. The van der Waals surface area contributed by atoms with E-state index in [4.69, 9.17) is 15.2 Å². The zero-order chi connectivity index (χ0) is 25.8. The van der Waals surface area contributed by atoms with Crippen LogP contribution in [0.1, 0.15) is 66.2 Å². The molecule has 0 saturated heterocycles. The van der Waals surface area contributed by atoms with Gasteiger partial charge in [0.2, 0.25) is 0 Å². The number of hydrogen-bond donors (Lipinski definition) is 1. The minimum absolute atomic E-state index is 0.100. The van der Waals surface area contributed by atoms with E-state index in [1.807, 2.05) is 6.92 Å². The number of primary amides is 1. The SMILES string of the molecule is C=Cc1nc(OCCC)n(Cc2ccc(-c3ccccc3C(=O)OC(C)(C)C)c(F)c2)c1C(N)=O. The molecule has 2 aromatic carbocycles. The average Bonchev–Trinajstić information content (AvgIpc) is 3.14. The zero-order valence-corrected chi connectivity index (χ0v) is 20.4. The normalized spacial score (nSPS) is 11.2. The van der Waals surface area contributed by atoms with Gasteiger partial charge in [-0.2, -0.15) is 4.98 Å². The van der Waals surface area contributed by atoms with E-state index in [0.717, 1.165) is 6.42 Å². The molecule has 0 aliphatic heterocycles. The fourth-order valence-corrected chi connectivity index (χ4v) is 3.59. The van der Waals surface area contributed by atoms with Crippen molar-refractivity contribution in [2.24, 2.45) is 5.73 Å². The molecule has 0 aliphatic carbocycles. The third-order valence-corrected chi connectivity index (χ3v) is 5.03. The predicted octanol–water partition coefficient (Wildman–Crippen LogP) is 5.22. The van der Waals surface area contributed by atoms with Crippen LogP contribution in [0.3, 0.4) is 0 Å². The molecule has 3 aromatic rings. The molecule has 0 radical (unpaired) electrons. The van der Waals surface area contributed by atoms with Crippen molar-refractivity contribution in [3.63, 3.8) is 0 Å². The van der Waals surface area contributed by atoms with Gasteiger partial charge in [-0.3, -0.25) is 9.36 Å². The average molecular weight is 480 g/mol. The van der Waals surface area contributed by atoms with E-state index in [1.54, 1.807) is 57.2 Å². The van der Waals surface area contributed by atoms with Crippen LogP contribution in [0.2, 0.25) is 0 Å². The van der Waals surface area contributed by atoms with Gasteiger partial charge in [-0.15, -0.1) is 0 Å². The third kappa shape index (κ3) is 5.95. The maximum atomic E-state index is 15.3. The topological polar surface area (TPSA) is 96.4 Å². The van der Waals surface area contributed by atoms with E-state index < -0.39 is 23.3 Å². The van der Waals surface area contributed by atoms with Crippen LogP contribution in [0.5, 0.6) is 6.01 Å². The molecular formula is C27H30FN3O4. The number of aromatic nitrogens is 2. The summed E-state index contributed by atoms with van der Waals surface area (Å²) in [6, 6.07) is 11.6. The van der Waals surface area contributed by atoms with Crippen molar-refractivity contribution in [2.45, 2.75) is 46.3 Å². The summed E-state index contributed by atoms with van der Waals surface area (Å²) >= 11 is 0. The Morgan fingerprint density at radius 3 is 2.49 bits per heavy atom. The van der Waals surface area contributed by atoms with Gasteiger partial charge >= 0.3 is 5.97 Å². The summed E-state index contributed by atoms with van der Waals surface area (Å²) in [5, 5.41) is 0. The van der Waals surface area contributed by atoms with Gasteiger partial charge in [-0.1, -0.05) is 43.8 Å². The first-order valence-electron chi connectivity index (χ1n) is 11.3. The molecule has 0 fully saturated rings. The van der Waals surface area contributed by atoms with E-state index in [-0.39, 0.29) is 29.4 Å². The number of rotatable bonds is 9. The molecule has 1 heterocycles. The lowest BCUT2D eigenvalue weighted by molar-refractivity contribution is 0.00703. The van der Waals surface area contributed by atoms with Crippen LogP contribution in [-0.2, 0) is 11.3 Å². The Morgan fingerprint density at radius 1 is 1.17 bits per heavy atom. The second-order valence-corrected chi connectivity index (χ2v) is 8.99. The van der Waals surface area contributed by atoms with Crippen molar-refractivity contribution in [2.75, 3.05) is 6.61 Å². The van der Waals surface area contributed by atoms with Gasteiger partial charge in [0.1, 0.15) is 17.1 Å². The van der Waals surface area contributed by atoms with Gasteiger partial charge < -0.3 is 15.2 Å². The minimum Gasteiger partial charge on any atom is -0.465 e. The maximum absolute atomic E-state index is 15.3. The highest BCUT2D eigenvalue weighted by molar-refractivity contribution is 5.97. The van der Waals surface area contributed by atoms with Crippen LogP contribution >= 0.6 is 0 Å². The number of esters is 1. The number of carbonyl (C=O) groups is 2. The Labute approximate surface area is 204 Å². The standard InChI is InChI=1S/C27H30FN3O4/c1-6-14-34-26-30-22(7-2)23(24(29)32)31(26)16-17-12-13-19(21(28)15-17)18-10-8-9-11-20(18)25(33)35-27(3,4)5/h7-13,15H,2,6,14,16H2,1,3-5H3,(H2,29,32). The molecule has 0 aliphatic rings. The van der Waals surface area contributed by atoms with Crippen molar-refractivity contribution in [1.29, 1.82) is 0 Å². The molecule has 0 unspecified atom stereocenters. The monoisotopic (exact) mass is 479 g/mol. The summed E-state index contributed by atoms with van der Waals surface area (Å²) in [4.78, 5) is 29.1. The molecule has 2 N–H and O–H groups in total. The third-order valence-electron chi connectivity index (χ3n) is 5.03. The first-order chi connectivity index (χ1) is 16.6. The highest BCUT2D eigenvalue weighted by atomic mass is 19.1. The van der Waals surface area contributed by atoms with Gasteiger partial charge in [-0.25, -0.2) is 9.18 Å². The van der Waals surface area contributed by atoms with Gasteiger partial charge in [0.15, 0.2) is 0 Å². The van der Waals surface area contributed by atoms with E-state index in [2.05, 4.69) is 11.6 Å². The Morgan fingerprint density at radius 2 is 1.89 bits per heavy atom. The van der Waals surface area contributed by atoms with Crippen LogP contribution in [-0.4, -0.2) is 33.6 Å². The van der Waals surface area contributed by atoms with Crippen molar-refractivity contribution in [3.05, 3.63) is 77.4 Å². The van der Waals surface area contributed by atoms with Crippen molar-refractivity contribution in [3.8, 4) is 17.1 Å². The fourth-order valence-electron chi connectivity index (χ4n) is 3.59. The lowest BCUT2D eigenvalue weighted by atomic mass is 9.97. The second-order valence-electron chi connectivity index (χ2n) is 8.99. The summed E-state index contributed by atoms with van der Waals surface area (Å²) in [5.74, 6) is -1.75. The van der Waals surface area contributed by atoms with Crippen LogP contribution in [0.15, 0.2) is 49.0 Å². The van der Waals surface area contributed by atoms with Crippen molar-refractivity contribution < 1.29 is 23.5 Å². The molecule has 184 valence electrons. The number of hydrogen-bond acceptors (Lipinski definition) is 5. The molecule has 1 amide bonds. The molecule has 0 atom stereocenters. The highest BCUT2D eigenvalue weighted by Crippen LogP contribution is 2.30. The minimum atomic E-state index is -0.692. The molecule has 0 spiro atoms. The summed E-state index contributed by atoms with van der Waals surface area (Å²) in [5.41, 5.74) is 6.83. The van der Waals surface area contributed by atoms with E-state index >= 15 is 4.39 Å². The number of imidazole rings is 1. The van der Waals surface area contributed by atoms with Crippen LogP contribution in [0, 0.1) is 5.82 Å². The summed E-state index contributed by atoms with van der Waals surface area (Å²) in [7, 11) is 0. The Bertz CT molecular complexity index is 1260. The van der Waals surface area contributed by atoms with Gasteiger partial charge in [0.25, 0.3) is 11.9 Å². The van der Waals surface area contributed by atoms with E-state index in [0.29, 0.717) is 23.4 Å². The second kappa shape index (κ2) is 10.5. The Hall–Kier alpha value is -3.94. The molecule has 3 rings (SSSR count). The maximum Gasteiger partial charge on any atom is 0.339 e. The summed E-state index contributed by atoms with van der Waals surface area (Å²) < 4.78 is 28.0. The molecule has 35 heavy (non-hydrogen) atoms. The van der Waals surface area contributed by atoms with E-state index in [9.17, 15) is 9.59 Å². The summed E-state index contributed by atoms with van der Waals surface area (Å²) in [6.45, 7) is 11.4.